The molecule has 0 bridgehead atoms. The van der Waals surface area contributed by atoms with Crippen LogP contribution in [-0.4, -0.2) is 56.8 Å². The van der Waals surface area contributed by atoms with Crippen molar-refractivity contribution in [3.63, 3.8) is 0 Å². The minimum Gasteiger partial charge on any atom is -0.503 e. The fraction of sp³-hybridized carbons (Fsp3) is 0.400. The van der Waals surface area contributed by atoms with Crippen molar-refractivity contribution < 1.29 is 19.4 Å². The maximum atomic E-state index is 12.9. The second-order valence-electron chi connectivity index (χ2n) is 7.26. The van der Waals surface area contributed by atoms with Crippen molar-refractivity contribution in [1.29, 1.82) is 0 Å². The number of amides is 2. The molecule has 2 aliphatic heterocycles. The highest BCUT2D eigenvalue weighted by molar-refractivity contribution is 5.99. The maximum absolute atomic E-state index is 12.9. The summed E-state index contributed by atoms with van der Waals surface area (Å²) in [6.45, 7) is 2.98. The number of pyridine rings is 2. The SMILES string of the molecule is C[C@@H]1CCOC2Cn3cc(C(=O)NCCc4cccnc4)c(=O)c(O)c3C(=O)N21. The summed E-state index contributed by atoms with van der Waals surface area (Å²) in [6.07, 6.45) is 5.45. The van der Waals surface area contributed by atoms with E-state index in [2.05, 4.69) is 10.3 Å². The number of rotatable bonds is 4. The summed E-state index contributed by atoms with van der Waals surface area (Å²) in [7, 11) is 0. The van der Waals surface area contributed by atoms with Gasteiger partial charge < -0.3 is 24.6 Å². The van der Waals surface area contributed by atoms with Gasteiger partial charge in [-0.3, -0.25) is 19.4 Å². The van der Waals surface area contributed by atoms with Crippen molar-refractivity contribution in [2.75, 3.05) is 13.2 Å². The lowest BCUT2D eigenvalue weighted by Crippen LogP contribution is -2.57. The number of fused-ring (bicyclic) bond motifs is 2. The number of nitrogens with zero attached hydrogens (tertiary/aromatic N) is 3. The lowest BCUT2D eigenvalue weighted by Gasteiger charge is -2.44. The van der Waals surface area contributed by atoms with Crippen LogP contribution in [-0.2, 0) is 17.7 Å². The number of hydrogen-bond acceptors (Lipinski definition) is 6. The Morgan fingerprint density at radius 1 is 1.41 bits per heavy atom. The smallest absolute Gasteiger partial charge is 0.276 e. The number of nitrogens with one attached hydrogen (secondary N) is 1. The molecule has 4 heterocycles. The van der Waals surface area contributed by atoms with Crippen LogP contribution in [0.1, 0.15) is 39.8 Å². The molecule has 29 heavy (non-hydrogen) atoms. The first-order valence-electron chi connectivity index (χ1n) is 9.55. The molecule has 2 aliphatic rings. The number of carbonyl (C=O) groups is 2. The fourth-order valence-corrected chi connectivity index (χ4v) is 3.78. The van der Waals surface area contributed by atoms with Crippen LogP contribution in [0.25, 0.3) is 0 Å². The molecule has 2 atom stereocenters. The van der Waals surface area contributed by atoms with E-state index in [0.717, 1.165) is 5.56 Å². The largest absolute Gasteiger partial charge is 0.503 e. The van der Waals surface area contributed by atoms with Gasteiger partial charge in [-0.05, 0) is 31.4 Å². The van der Waals surface area contributed by atoms with E-state index in [4.69, 9.17) is 4.74 Å². The second-order valence-corrected chi connectivity index (χ2v) is 7.26. The third kappa shape index (κ3) is 3.49. The van der Waals surface area contributed by atoms with Crippen molar-refractivity contribution >= 4 is 11.8 Å². The molecule has 1 unspecified atom stereocenters. The van der Waals surface area contributed by atoms with Crippen LogP contribution in [0.3, 0.4) is 0 Å². The minimum absolute atomic E-state index is 0.0556. The topological polar surface area (TPSA) is 114 Å². The molecule has 2 N–H and O–H groups in total. The molecule has 152 valence electrons. The quantitative estimate of drug-likeness (QED) is 0.776. The van der Waals surface area contributed by atoms with Crippen molar-refractivity contribution in [2.45, 2.75) is 38.6 Å². The Morgan fingerprint density at radius 2 is 2.24 bits per heavy atom. The van der Waals surface area contributed by atoms with Crippen molar-refractivity contribution in [3.8, 4) is 5.75 Å². The van der Waals surface area contributed by atoms with E-state index < -0.39 is 29.2 Å². The number of hydrogen-bond donors (Lipinski definition) is 2. The van der Waals surface area contributed by atoms with Gasteiger partial charge in [0.05, 0.1) is 13.2 Å². The van der Waals surface area contributed by atoms with Crippen LogP contribution in [0.2, 0.25) is 0 Å². The van der Waals surface area contributed by atoms with Gasteiger partial charge in [-0.1, -0.05) is 6.07 Å². The van der Waals surface area contributed by atoms with Crippen molar-refractivity contribution in [2.24, 2.45) is 0 Å². The van der Waals surface area contributed by atoms with Crippen LogP contribution in [0, 0.1) is 0 Å². The van der Waals surface area contributed by atoms with Crippen LogP contribution < -0.4 is 10.7 Å². The van der Waals surface area contributed by atoms with Gasteiger partial charge in [0.1, 0.15) is 5.56 Å². The summed E-state index contributed by atoms with van der Waals surface area (Å²) < 4.78 is 7.12. The zero-order valence-electron chi connectivity index (χ0n) is 16.0. The van der Waals surface area contributed by atoms with E-state index >= 15 is 0 Å². The molecule has 1 fully saturated rings. The third-order valence-electron chi connectivity index (χ3n) is 5.34. The lowest BCUT2D eigenvalue weighted by atomic mass is 10.1. The molecule has 9 nitrogen and oxygen atoms in total. The van der Waals surface area contributed by atoms with E-state index in [-0.39, 0.29) is 23.8 Å². The Balaban J connectivity index is 1.57. The molecule has 0 spiro atoms. The van der Waals surface area contributed by atoms with Gasteiger partial charge in [0.15, 0.2) is 17.7 Å². The van der Waals surface area contributed by atoms with Crippen LogP contribution in [0.5, 0.6) is 5.75 Å². The average Bonchev–Trinajstić information content (AvgIpc) is 2.71. The Kier molecular flexibility index (Phi) is 5.06. The Labute approximate surface area is 166 Å². The van der Waals surface area contributed by atoms with Crippen LogP contribution in [0.15, 0.2) is 35.5 Å². The Hall–Kier alpha value is -3.20. The zero-order chi connectivity index (χ0) is 20.5. The molecule has 4 rings (SSSR count). The van der Waals surface area contributed by atoms with E-state index in [1.165, 1.54) is 10.8 Å². The number of carbonyl (C=O) groups excluding carboxylic acids is 2. The first-order chi connectivity index (χ1) is 14.0. The molecule has 2 amide bonds. The molecular formula is C20H22N4O5. The van der Waals surface area contributed by atoms with Gasteiger partial charge in [-0.15, -0.1) is 0 Å². The summed E-state index contributed by atoms with van der Waals surface area (Å²) in [5.74, 6) is -1.77. The average molecular weight is 398 g/mol. The molecule has 2 aromatic heterocycles. The molecule has 0 aromatic carbocycles. The van der Waals surface area contributed by atoms with Gasteiger partial charge in [0, 0.05) is 31.2 Å². The molecule has 2 aromatic rings. The normalized spacial score (nSPS) is 20.7. The maximum Gasteiger partial charge on any atom is 0.276 e. The van der Waals surface area contributed by atoms with Crippen molar-refractivity contribution in [1.82, 2.24) is 19.8 Å². The Bertz CT molecular complexity index is 1000. The monoisotopic (exact) mass is 398 g/mol. The third-order valence-corrected chi connectivity index (χ3v) is 5.34. The van der Waals surface area contributed by atoms with Crippen molar-refractivity contribution in [3.05, 3.63) is 57.8 Å². The second kappa shape index (κ2) is 7.67. The molecule has 0 radical (unpaired) electrons. The number of aromatic hydroxyl groups is 1. The highest BCUT2D eigenvalue weighted by Gasteiger charge is 2.40. The van der Waals surface area contributed by atoms with E-state index in [9.17, 15) is 19.5 Å². The van der Waals surface area contributed by atoms with E-state index in [0.29, 0.717) is 26.0 Å². The fourth-order valence-electron chi connectivity index (χ4n) is 3.78. The van der Waals surface area contributed by atoms with E-state index in [1.807, 2.05) is 13.0 Å². The molecule has 1 saturated heterocycles. The standard InChI is InChI=1S/C20H22N4O5/c1-12-5-8-29-15-11-23-10-14(17(25)18(26)16(23)20(28)24(12)15)19(27)22-7-4-13-3-2-6-21-9-13/h2-3,6,9-10,12,15,26H,4-5,7-8,11H2,1H3,(H,22,27)/t12-,15?/m1/s1. The summed E-state index contributed by atoms with van der Waals surface area (Å²) in [5.41, 5.74) is -0.211. The van der Waals surface area contributed by atoms with Crippen LogP contribution >= 0.6 is 0 Å². The molecule has 0 aliphatic carbocycles. The van der Waals surface area contributed by atoms with E-state index in [1.54, 1.807) is 23.4 Å². The first kappa shape index (κ1) is 19.1. The molecule has 9 heteroatoms. The summed E-state index contributed by atoms with van der Waals surface area (Å²) in [5, 5.41) is 13.1. The minimum atomic E-state index is -0.854. The number of aromatic nitrogens is 2. The predicted octanol–water partition coefficient (Wildman–Crippen LogP) is 0.512. The molecule has 0 saturated carbocycles. The first-order valence-corrected chi connectivity index (χ1v) is 9.55. The summed E-state index contributed by atoms with van der Waals surface area (Å²) in [4.78, 5) is 43.5. The van der Waals surface area contributed by atoms with Gasteiger partial charge in [0.25, 0.3) is 11.8 Å². The highest BCUT2D eigenvalue weighted by atomic mass is 16.5. The highest BCUT2D eigenvalue weighted by Crippen LogP contribution is 2.29. The van der Waals surface area contributed by atoms with Gasteiger partial charge >= 0.3 is 0 Å². The Morgan fingerprint density at radius 3 is 3.00 bits per heavy atom. The predicted molar refractivity (Wildman–Crippen MR) is 103 cm³/mol. The number of ether oxygens (including phenoxy) is 1. The summed E-state index contributed by atoms with van der Waals surface area (Å²) in [6, 6.07) is 3.64. The van der Waals surface area contributed by atoms with Crippen LogP contribution in [0.4, 0.5) is 0 Å². The summed E-state index contributed by atoms with van der Waals surface area (Å²) >= 11 is 0. The van der Waals surface area contributed by atoms with Gasteiger partial charge in [-0.2, -0.15) is 0 Å². The molecular weight excluding hydrogens is 376 g/mol. The van der Waals surface area contributed by atoms with Gasteiger partial charge in [0.2, 0.25) is 5.43 Å². The zero-order valence-corrected chi connectivity index (χ0v) is 16.0. The lowest BCUT2D eigenvalue weighted by molar-refractivity contribution is -0.112. The van der Waals surface area contributed by atoms with Gasteiger partial charge in [-0.25, -0.2) is 0 Å².